The maximum atomic E-state index is 6.12. The SMILES string of the molecule is CC(C)(C)C(N)c1noc(-c2cc(Cl)ccc2I)n1. The third-order valence-electron chi connectivity index (χ3n) is 2.81. The minimum Gasteiger partial charge on any atom is -0.334 e. The molecule has 0 saturated carbocycles. The Kier molecular flexibility index (Phi) is 4.17. The van der Waals surface area contributed by atoms with E-state index in [1.165, 1.54) is 0 Å². The second kappa shape index (κ2) is 5.38. The van der Waals surface area contributed by atoms with Crippen molar-refractivity contribution in [2.24, 2.45) is 11.1 Å². The highest BCUT2D eigenvalue weighted by atomic mass is 127. The molecule has 1 atom stereocenters. The van der Waals surface area contributed by atoms with Gasteiger partial charge in [-0.15, -0.1) is 0 Å². The lowest BCUT2D eigenvalue weighted by Gasteiger charge is -2.23. The summed E-state index contributed by atoms with van der Waals surface area (Å²) < 4.78 is 6.30. The van der Waals surface area contributed by atoms with Crippen LogP contribution in [0.15, 0.2) is 22.7 Å². The molecule has 6 heteroatoms. The van der Waals surface area contributed by atoms with Gasteiger partial charge in [0.25, 0.3) is 5.89 Å². The highest BCUT2D eigenvalue weighted by Gasteiger charge is 2.27. The maximum absolute atomic E-state index is 6.12. The van der Waals surface area contributed by atoms with Crippen LogP contribution in [0.3, 0.4) is 0 Å². The molecule has 2 aromatic rings. The second-order valence-electron chi connectivity index (χ2n) is 5.43. The van der Waals surface area contributed by atoms with E-state index in [1.807, 2.05) is 39.0 Å². The Morgan fingerprint density at radius 2 is 2.05 bits per heavy atom. The van der Waals surface area contributed by atoms with Crippen molar-refractivity contribution in [3.8, 4) is 11.5 Å². The number of halogens is 2. The van der Waals surface area contributed by atoms with Crippen LogP contribution >= 0.6 is 34.2 Å². The highest BCUT2D eigenvalue weighted by Crippen LogP contribution is 2.31. The first-order chi connectivity index (χ1) is 8.79. The van der Waals surface area contributed by atoms with Gasteiger partial charge in [-0.3, -0.25) is 0 Å². The monoisotopic (exact) mass is 391 g/mol. The standard InChI is InChI=1S/C13H15ClIN3O/c1-13(2,3)10(16)11-17-12(19-18-11)8-6-7(14)4-5-9(8)15/h4-6,10H,16H2,1-3H3. The van der Waals surface area contributed by atoms with Crippen LogP contribution in [-0.2, 0) is 0 Å². The van der Waals surface area contributed by atoms with E-state index in [0.717, 1.165) is 9.13 Å². The summed E-state index contributed by atoms with van der Waals surface area (Å²) in [5, 5.41) is 4.61. The first kappa shape index (κ1) is 14.7. The molecule has 0 fully saturated rings. The molecule has 0 aliphatic rings. The molecular weight excluding hydrogens is 377 g/mol. The lowest BCUT2D eigenvalue weighted by molar-refractivity contribution is 0.303. The van der Waals surface area contributed by atoms with E-state index in [2.05, 4.69) is 32.7 Å². The molecular formula is C13H15ClIN3O. The van der Waals surface area contributed by atoms with Crippen LogP contribution in [0.5, 0.6) is 0 Å². The van der Waals surface area contributed by atoms with Crippen LogP contribution in [0, 0.1) is 8.99 Å². The number of nitrogens with two attached hydrogens (primary N) is 1. The molecule has 0 saturated heterocycles. The number of hydrogen-bond donors (Lipinski definition) is 1. The van der Waals surface area contributed by atoms with Crippen LogP contribution in [0.4, 0.5) is 0 Å². The van der Waals surface area contributed by atoms with Crippen LogP contribution in [-0.4, -0.2) is 10.1 Å². The van der Waals surface area contributed by atoms with Gasteiger partial charge in [-0.1, -0.05) is 37.5 Å². The normalized spacial score (nSPS) is 13.6. The number of nitrogens with zero attached hydrogens (tertiary/aromatic N) is 2. The zero-order valence-corrected chi connectivity index (χ0v) is 13.9. The van der Waals surface area contributed by atoms with E-state index >= 15 is 0 Å². The summed E-state index contributed by atoms with van der Waals surface area (Å²) in [6.07, 6.45) is 0. The van der Waals surface area contributed by atoms with Crippen molar-refractivity contribution in [2.75, 3.05) is 0 Å². The average Bonchev–Trinajstić information content (AvgIpc) is 2.79. The third-order valence-corrected chi connectivity index (χ3v) is 3.99. The molecule has 0 amide bonds. The Morgan fingerprint density at radius 1 is 1.37 bits per heavy atom. The molecule has 0 radical (unpaired) electrons. The Labute approximate surface area is 130 Å². The van der Waals surface area contributed by atoms with E-state index in [0.29, 0.717) is 16.7 Å². The predicted octanol–water partition coefficient (Wildman–Crippen LogP) is 4.04. The Morgan fingerprint density at radius 3 is 2.68 bits per heavy atom. The van der Waals surface area contributed by atoms with Crippen molar-refractivity contribution in [1.29, 1.82) is 0 Å². The molecule has 2 rings (SSSR count). The van der Waals surface area contributed by atoms with E-state index in [4.69, 9.17) is 21.9 Å². The summed E-state index contributed by atoms with van der Waals surface area (Å²) in [6.45, 7) is 6.12. The molecule has 1 unspecified atom stereocenters. The summed E-state index contributed by atoms with van der Waals surface area (Å²) in [7, 11) is 0. The third kappa shape index (κ3) is 3.27. The van der Waals surface area contributed by atoms with Gasteiger partial charge in [0, 0.05) is 8.59 Å². The number of rotatable bonds is 2. The topological polar surface area (TPSA) is 64.9 Å². The summed E-state index contributed by atoms with van der Waals surface area (Å²) >= 11 is 8.20. The quantitative estimate of drug-likeness (QED) is 0.785. The fourth-order valence-corrected chi connectivity index (χ4v) is 2.26. The van der Waals surface area contributed by atoms with Gasteiger partial charge < -0.3 is 10.3 Å². The van der Waals surface area contributed by atoms with Gasteiger partial charge in [0.2, 0.25) is 0 Å². The van der Waals surface area contributed by atoms with E-state index < -0.39 is 0 Å². The average molecular weight is 392 g/mol. The zero-order chi connectivity index (χ0) is 14.2. The Hall–Kier alpha value is -0.660. The van der Waals surface area contributed by atoms with Crippen LogP contribution in [0.2, 0.25) is 5.02 Å². The summed E-state index contributed by atoms with van der Waals surface area (Å²) in [5.41, 5.74) is 6.82. The fourth-order valence-electron chi connectivity index (χ4n) is 1.52. The molecule has 1 heterocycles. The molecule has 2 N–H and O–H groups in total. The lowest BCUT2D eigenvalue weighted by Crippen LogP contribution is -2.27. The molecule has 102 valence electrons. The van der Waals surface area contributed by atoms with Crippen molar-refractivity contribution in [1.82, 2.24) is 10.1 Å². The molecule has 1 aromatic carbocycles. The molecule has 0 aliphatic carbocycles. The van der Waals surface area contributed by atoms with Crippen LogP contribution in [0.1, 0.15) is 32.6 Å². The van der Waals surface area contributed by atoms with Gasteiger partial charge in [-0.25, -0.2) is 0 Å². The number of hydrogen-bond acceptors (Lipinski definition) is 4. The van der Waals surface area contributed by atoms with Gasteiger partial charge in [0.15, 0.2) is 5.82 Å². The minimum atomic E-state index is -0.276. The zero-order valence-electron chi connectivity index (χ0n) is 10.9. The smallest absolute Gasteiger partial charge is 0.259 e. The Bertz CT molecular complexity index is 592. The van der Waals surface area contributed by atoms with Crippen LogP contribution < -0.4 is 5.73 Å². The van der Waals surface area contributed by atoms with Gasteiger partial charge >= 0.3 is 0 Å². The predicted molar refractivity (Wildman–Crippen MR) is 83.8 cm³/mol. The molecule has 0 spiro atoms. The summed E-state index contributed by atoms with van der Waals surface area (Å²) in [6, 6.07) is 5.27. The van der Waals surface area contributed by atoms with Crippen LogP contribution in [0.25, 0.3) is 11.5 Å². The first-order valence-corrected chi connectivity index (χ1v) is 7.29. The lowest BCUT2D eigenvalue weighted by atomic mass is 9.87. The van der Waals surface area contributed by atoms with Gasteiger partial charge in [0.1, 0.15) is 0 Å². The highest BCUT2D eigenvalue weighted by molar-refractivity contribution is 14.1. The molecule has 0 bridgehead atoms. The molecule has 19 heavy (non-hydrogen) atoms. The van der Waals surface area contributed by atoms with Gasteiger partial charge in [-0.05, 0) is 46.2 Å². The summed E-state index contributed by atoms with van der Waals surface area (Å²) in [4.78, 5) is 4.38. The first-order valence-electron chi connectivity index (χ1n) is 5.83. The van der Waals surface area contributed by atoms with Crippen molar-refractivity contribution in [3.63, 3.8) is 0 Å². The van der Waals surface area contributed by atoms with E-state index in [-0.39, 0.29) is 11.5 Å². The molecule has 0 aliphatic heterocycles. The largest absolute Gasteiger partial charge is 0.334 e. The fraction of sp³-hybridized carbons (Fsp3) is 0.385. The van der Waals surface area contributed by atoms with Crippen molar-refractivity contribution in [3.05, 3.63) is 32.6 Å². The molecule has 4 nitrogen and oxygen atoms in total. The Balaban J connectivity index is 2.39. The van der Waals surface area contributed by atoms with E-state index in [1.54, 1.807) is 0 Å². The second-order valence-corrected chi connectivity index (χ2v) is 7.02. The van der Waals surface area contributed by atoms with Gasteiger partial charge in [0.05, 0.1) is 11.6 Å². The number of aromatic nitrogens is 2. The summed E-state index contributed by atoms with van der Waals surface area (Å²) in [5.74, 6) is 0.958. The van der Waals surface area contributed by atoms with Gasteiger partial charge in [-0.2, -0.15) is 4.98 Å². The van der Waals surface area contributed by atoms with E-state index in [9.17, 15) is 0 Å². The minimum absolute atomic E-state index is 0.122. The van der Waals surface area contributed by atoms with Crippen molar-refractivity contribution in [2.45, 2.75) is 26.8 Å². The molecule has 1 aromatic heterocycles. The van der Waals surface area contributed by atoms with Crippen molar-refractivity contribution >= 4 is 34.2 Å². The maximum Gasteiger partial charge on any atom is 0.259 e. The van der Waals surface area contributed by atoms with Crippen molar-refractivity contribution < 1.29 is 4.52 Å². The number of benzene rings is 1.